The molecule has 1 saturated heterocycles. The summed E-state index contributed by atoms with van der Waals surface area (Å²) in [4.78, 5) is 2.28. The monoisotopic (exact) mass is 216 g/mol. The molecular weight excluding hydrogens is 192 g/mol. The summed E-state index contributed by atoms with van der Waals surface area (Å²) >= 11 is 0. The number of aliphatic hydroxyl groups excluding tert-OH is 1. The van der Waals surface area contributed by atoms with Crippen LogP contribution in [0.4, 0.5) is 0 Å². The van der Waals surface area contributed by atoms with Crippen LogP contribution in [0.15, 0.2) is 0 Å². The van der Waals surface area contributed by atoms with E-state index < -0.39 is 0 Å². The molecule has 0 spiro atoms. The lowest BCUT2D eigenvalue weighted by atomic mass is 9.86. The minimum Gasteiger partial charge on any atom is -0.395 e. The van der Waals surface area contributed by atoms with E-state index in [2.05, 4.69) is 18.7 Å². The van der Waals surface area contributed by atoms with Crippen LogP contribution in [0, 0.1) is 5.41 Å². The van der Waals surface area contributed by atoms with E-state index in [4.69, 9.17) is 15.6 Å². The van der Waals surface area contributed by atoms with E-state index in [0.717, 1.165) is 32.7 Å². The van der Waals surface area contributed by atoms with Crippen LogP contribution in [0.5, 0.6) is 0 Å². The predicted molar refractivity (Wildman–Crippen MR) is 60.7 cm³/mol. The van der Waals surface area contributed by atoms with Gasteiger partial charge in [0.1, 0.15) is 0 Å². The van der Waals surface area contributed by atoms with Gasteiger partial charge in [0.05, 0.1) is 13.2 Å². The van der Waals surface area contributed by atoms with Gasteiger partial charge in [0.15, 0.2) is 0 Å². The number of ether oxygens (including phenoxy) is 1. The summed E-state index contributed by atoms with van der Waals surface area (Å²) in [5.74, 6) is 0. The summed E-state index contributed by atoms with van der Waals surface area (Å²) in [6.07, 6.45) is 1.04. The Bertz CT molecular complexity index is 179. The van der Waals surface area contributed by atoms with Crippen LogP contribution in [0.1, 0.15) is 20.3 Å². The molecule has 15 heavy (non-hydrogen) atoms. The highest BCUT2D eigenvalue weighted by atomic mass is 16.5. The average Bonchev–Trinajstić information content (AvgIpc) is 2.66. The summed E-state index contributed by atoms with van der Waals surface area (Å²) in [7, 11) is 0. The molecule has 1 unspecified atom stereocenters. The maximum atomic E-state index is 9.01. The normalized spacial score (nSPS) is 26.8. The molecule has 0 radical (unpaired) electrons. The smallest absolute Gasteiger partial charge is 0.0558 e. The Kier molecular flexibility index (Phi) is 4.99. The lowest BCUT2D eigenvalue weighted by Crippen LogP contribution is -2.46. The van der Waals surface area contributed by atoms with Crippen LogP contribution in [-0.4, -0.2) is 55.5 Å². The Morgan fingerprint density at radius 3 is 2.67 bits per heavy atom. The van der Waals surface area contributed by atoms with E-state index in [1.54, 1.807) is 0 Å². The first-order valence-corrected chi connectivity index (χ1v) is 5.76. The molecule has 4 nitrogen and oxygen atoms in total. The van der Waals surface area contributed by atoms with Crippen LogP contribution < -0.4 is 5.73 Å². The van der Waals surface area contributed by atoms with Crippen LogP contribution in [0.25, 0.3) is 0 Å². The van der Waals surface area contributed by atoms with Crippen LogP contribution in [0.3, 0.4) is 0 Å². The zero-order valence-electron chi connectivity index (χ0n) is 9.91. The fraction of sp³-hybridized carbons (Fsp3) is 1.00. The molecular formula is C11H24N2O2. The van der Waals surface area contributed by atoms with Gasteiger partial charge in [-0.05, 0) is 20.3 Å². The highest BCUT2D eigenvalue weighted by molar-refractivity contribution is 4.88. The van der Waals surface area contributed by atoms with E-state index in [9.17, 15) is 0 Å². The number of hydrogen-bond acceptors (Lipinski definition) is 4. The lowest BCUT2D eigenvalue weighted by molar-refractivity contribution is 0.0852. The number of hydrogen-bond donors (Lipinski definition) is 2. The van der Waals surface area contributed by atoms with E-state index in [0.29, 0.717) is 12.6 Å². The predicted octanol–water partition coefficient (Wildman–Crippen LogP) is 0.0545. The topological polar surface area (TPSA) is 58.7 Å². The standard InChI is InChI=1S/C11H24N2O2/c1-10(2)13(4-5-14)8-11(7-12)3-6-15-9-11/h10,14H,3-9,12H2,1-2H3. The minimum atomic E-state index is 0.111. The zero-order valence-corrected chi connectivity index (χ0v) is 9.91. The number of rotatable bonds is 6. The van der Waals surface area contributed by atoms with Crippen molar-refractivity contribution in [3.05, 3.63) is 0 Å². The SMILES string of the molecule is CC(C)N(CCO)CC1(CN)CCOC1. The van der Waals surface area contributed by atoms with Crippen molar-refractivity contribution in [1.82, 2.24) is 4.90 Å². The van der Waals surface area contributed by atoms with Crippen molar-refractivity contribution in [2.75, 3.05) is 39.5 Å². The summed E-state index contributed by atoms with van der Waals surface area (Å²) in [6, 6.07) is 0.446. The molecule has 3 N–H and O–H groups in total. The third-order valence-corrected chi connectivity index (χ3v) is 3.27. The fourth-order valence-electron chi connectivity index (χ4n) is 2.08. The third-order valence-electron chi connectivity index (χ3n) is 3.27. The van der Waals surface area contributed by atoms with Gasteiger partial charge in [0.2, 0.25) is 0 Å². The molecule has 0 aromatic rings. The molecule has 0 saturated carbocycles. The molecule has 0 amide bonds. The van der Waals surface area contributed by atoms with Gasteiger partial charge in [-0.1, -0.05) is 0 Å². The van der Waals surface area contributed by atoms with Crippen molar-refractivity contribution in [3.63, 3.8) is 0 Å². The Morgan fingerprint density at radius 1 is 1.53 bits per heavy atom. The third kappa shape index (κ3) is 3.41. The van der Waals surface area contributed by atoms with Gasteiger partial charge in [-0.3, -0.25) is 4.90 Å². The number of nitrogens with two attached hydrogens (primary N) is 1. The van der Waals surface area contributed by atoms with E-state index in [-0.39, 0.29) is 12.0 Å². The molecule has 1 rings (SSSR count). The van der Waals surface area contributed by atoms with Gasteiger partial charge >= 0.3 is 0 Å². The Morgan fingerprint density at radius 2 is 2.27 bits per heavy atom. The van der Waals surface area contributed by atoms with Crippen molar-refractivity contribution in [1.29, 1.82) is 0 Å². The summed E-state index contributed by atoms with van der Waals surface area (Å²) < 4.78 is 5.44. The van der Waals surface area contributed by atoms with Gasteiger partial charge in [-0.2, -0.15) is 0 Å². The molecule has 1 aliphatic heterocycles. The Balaban J connectivity index is 2.54. The van der Waals surface area contributed by atoms with Gasteiger partial charge in [0, 0.05) is 37.7 Å². The summed E-state index contributed by atoms with van der Waals surface area (Å²) in [6.45, 7) is 8.41. The Hall–Kier alpha value is -0.160. The first-order valence-electron chi connectivity index (χ1n) is 5.76. The quantitative estimate of drug-likeness (QED) is 0.659. The molecule has 4 heteroatoms. The summed E-state index contributed by atoms with van der Waals surface area (Å²) in [5.41, 5.74) is 5.95. The van der Waals surface area contributed by atoms with Gasteiger partial charge in [0.25, 0.3) is 0 Å². The van der Waals surface area contributed by atoms with Gasteiger partial charge in [-0.15, -0.1) is 0 Å². The maximum absolute atomic E-state index is 9.01. The average molecular weight is 216 g/mol. The van der Waals surface area contributed by atoms with Crippen molar-refractivity contribution in [2.24, 2.45) is 11.1 Å². The first-order chi connectivity index (χ1) is 7.13. The maximum Gasteiger partial charge on any atom is 0.0558 e. The zero-order chi connectivity index (χ0) is 11.3. The van der Waals surface area contributed by atoms with Crippen molar-refractivity contribution in [2.45, 2.75) is 26.3 Å². The largest absolute Gasteiger partial charge is 0.395 e. The highest BCUT2D eigenvalue weighted by Crippen LogP contribution is 2.28. The minimum absolute atomic E-state index is 0.111. The number of nitrogens with zero attached hydrogens (tertiary/aromatic N) is 1. The molecule has 1 atom stereocenters. The second kappa shape index (κ2) is 5.80. The van der Waals surface area contributed by atoms with E-state index >= 15 is 0 Å². The molecule has 1 fully saturated rings. The molecule has 90 valence electrons. The van der Waals surface area contributed by atoms with Gasteiger partial charge in [-0.25, -0.2) is 0 Å². The Labute approximate surface area is 92.4 Å². The fourth-order valence-corrected chi connectivity index (χ4v) is 2.08. The van der Waals surface area contributed by atoms with Gasteiger partial charge < -0.3 is 15.6 Å². The molecule has 0 aromatic heterocycles. The van der Waals surface area contributed by atoms with E-state index in [1.165, 1.54) is 0 Å². The van der Waals surface area contributed by atoms with Crippen molar-refractivity contribution >= 4 is 0 Å². The number of aliphatic hydroxyl groups is 1. The first kappa shape index (κ1) is 12.9. The molecule has 0 aliphatic carbocycles. The molecule has 0 bridgehead atoms. The lowest BCUT2D eigenvalue weighted by Gasteiger charge is -2.35. The van der Waals surface area contributed by atoms with Crippen LogP contribution in [-0.2, 0) is 4.74 Å². The summed E-state index contributed by atoms with van der Waals surface area (Å²) in [5, 5.41) is 9.01. The van der Waals surface area contributed by atoms with Crippen molar-refractivity contribution < 1.29 is 9.84 Å². The molecule has 1 heterocycles. The molecule has 0 aromatic carbocycles. The van der Waals surface area contributed by atoms with Crippen molar-refractivity contribution in [3.8, 4) is 0 Å². The molecule has 1 aliphatic rings. The van der Waals surface area contributed by atoms with Crippen LogP contribution in [0.2, 0.25) is 0 Å². The second-order valence-corrected chi connectivity index (χ2v) is 4.79. The second-order valence-electron chi connectivity index (χ2n) is 4.79. The highest BCUT2D eigenvalue weighted by Gasteiger charge is 2.35. The van der Waals surface area contributed by atoms with Crippen LogP contribution >= 0.6 is 0 Å². The van der Waals surface area contributed by atoms with E-state index in [1.807, 2.05) is 0 Å².